The van der Waals surface area contributed by atoms with E-state index in [0.29, 0.717) is 5.54 Å². The van der Waals surface area contributed by atoms with Crippen LogP contribution in [0, 0.1) is 5.92 Å². The summed E-state index contributed by atoms with van der Waals surface area (Å²) in [6, 6.07) is 2.20. The van der Waals surface area contributed by atoms with Gasteiger partial charge in [0, 0.05) is 17.8 Å². The maximum atomic E-state index is 4.75. The SMILES string of the molecule is CC1CCCC2(CSC(=NCCc3ccsc3)N2)C1. The van der Waals surface area contributed by atoms with Crippen LogP contribution in [0.3, 0.4) is 0 Å². The highest BCUT2D eigenvalue weighted by atomic mass is 32.2. The summed E-state index contributed by atoms with van der Waals surface area (Å²) in [4.78, 5) is 4.75. The minimum Gasteiger partial charge on any atom is -0.359 e. The van der Waals surface area contributed by atoms with Crippen LogP contribution in [0.5, 0.6) is 0 Å². The summed E-state index contributed by atoms with van der Waals surface area (Å²) < 4.78 is 0. The maximum absolute atomic E-state index is 4.75. The number of hydrogen-bond donors (Lipinski definition) is 1. The minimum absolute atomic E-state index is 0.365. The highest BCUT2D eigenvalue weighted by molar-refractivity contribution is 8.14. The third-order valence-electron chi connectivity index (χ3n) is 4.18. The molecule has 2 aliphatic rings. The number of nitrogens with one attached hydrogen (secondary N) is 1. The van der Waals surface area contributed by atoms with Crippen molar-refractivity contribution >= 4 is 28.3 Å². The molecule has 2 heterocycles. The van der Waals surface area contributed by atoms with Crippen LogP contribution in [-0.2, 0) is 6.42 Å². The third-order valence-corrected chi connectivity index (χ3v) is 6.12. The molecule has 0 bridgehead atoms. The van der Waals surface area contributed by atoms with Gasteiger partial charge in [0.05, 0.1) is 0 Å². The van der Waals surface area contributed by atoms with Gasteiger partial charge in [0.25, 0.3) is 0 Å². The molecule has 2 atom stereocenters. The standard InChI is InChI=1S/C15H22N2S2/c1-12-3-2-6-15(9-12)11-19-14(17-15)16-7-4-13-5-8-18-10-13/h5,8,10,12H,2-4,6-7,9,11H2,1H3,(H,16,17). The number of thiophene rings is 1. The molecule has 1 aliphatic carbocycles. The Hall–Kier alpha value is -0.480. The van der Waals surface area contributed by atoms with Crippen LogP contribution in [0.25, 0.3) is 0 Å². The molecule has 0 radical (unpaired) electrons. The molecule has 1 aromatic rings. The molecule has 1 aliphatic heterocycles. The molecule has 2 nitrogen and oxygen atoms in total. The van der Waals surface area contributed by atoms with E-state index in [1.54, 1.807) is 11.3 Å². The Bertz CT molecular complexity index is 441. The van der Waals surface area contributed by atoms with Crippen molar-refractivity contribution in [3.05, 3.63) is 22.4 Å². The number of hydrogen-bond acceptors (Lipinski definition) is 3. The predicted molar refractivity (Wildman–Crippen MR) is 86.3 cm³/mol. The van der Waals surface area contributed by atoms with Crippen molar-refractivity contribution < 1.29 is 0 Å². The zero-order valence-corrected chi connectivity index (χ0v) is 13.2. The van der Waals surface area contributed by atoms with Gasteiger partial charge in [-0.2, -0.15) is 11.3 Å². The molecule has 1 N–H and O–H groups in total. The topological polar surface area (TPSA) is 24.4 Å². The fourth-order valence-electron chi connectivity index (χ4n) is 3.22. The van der Waals surface area contributed by atoms with E-state index in [9.17, 15) is 0 Å². The van der Waals surface area contributed by atoms with Gasteiger partial charge in [0.15, 0.2) is 5.17 Å². The van der Waals surface area contributed by atoms with Crippen LogP contribution in [0.15, 0.2) is 21.8 Å². The van der Waals surface area contributed by atoms with Gasteiger partial charge in [-0.25, -0.2) is 0 Å². The largest absolute Gasteiger partial charge is 0.359 e. The summed E-state index contributed by atoms with van der Waals surface area (Å²) in [7, 11) is 0. The Morgan fingerprint density at radius 1 is 1.53 bits per heavy atom. The van der Waals surface area contributed by atoms with Crippen molar-refractivity contribution in [1.82, 2.24) is 5.32 Å². The lowest BCUT2D eigenvalue weighted by Crippen LogP contribution is -2.47. The summed E-state index contributed by atoms with van der Waals surface area (Å²) >= 11 is 3.70. The van der Waals surface area contributed by atoms with Gasteiger partial charge >= 0.3 is 0 Å². The van der Waals surface area contributed by atoms with E-state index in [1.807, 2.05) is 11.8 Å². The zero-order valence-electron chi connectivity index (χ0n) is 11.5. The van der Waals surface area contributed by atoms with E-state index in [1.165, 1.54) is 42.2 Å². The first-order valence-electron chi connectivity index (χ1n) is 7.22. The van der Waals surface area contributed by atoms with Crippen LogP contribution in [0.1, 0.15) is 38.2 Å². The third kappa shape index (κ3) is 3.34. The van der Waals surface area contributed by atoms with E-state index >= 15 is 0 Å². The van der Waals surface area contributed by atoms with Crippen molar-refractivity contribution in [3.8, 4) is 0 Å². The molecule has 1 spiro atoms. The van der Waals surface area contributed by atoms with E-state index in [4.69, 9.17) is 4.99 Å². The van der Waals surface area contributed by atoms with Crippen molar-refractivity contribution in [3.63, 3.8) is 0 Å². The smallest absolute Gasteiger partial charge is 0.157 e. The first kappa shape index (κ1) is 13.5. The van der Waals surface area contributed by atoms with Crippen molar-refractivity contribution in [2.75, 3.05) is 12.3 Å². The number of thioether (sulfide) groups is 1. The fourth-order valence-corrected chi connectivity index (χ4v) is 5.14. The van der Waals surface area contributed by atoms with E-state index < -0.39 is 0 Å². The normalized spacial score (nSPS) is 32.9. The van der Waals surface area contributed by atoms with Crippen LogP contribution in [0.4, 0.5) is 0 Å². The van der Waals surface area contributed by atoms with Gasteiger partial charge < -0.3 is 5.32 Å². The summed E-state index contributed by atoms with van der Waals surface area (Å²) in [5.41, 5.74) is 1.78. The molecular formula is C15H22N2S2. The number of rotatable bonds is 3. The molecule has 1 saturated carbocycles. The summed E-state index contributed by atoms with van der Waals surface area (Å²) in [6.45, 7) is 3.30. The molecule has 1 aromatic heterocycles. The molecular weight excluding hydrogens is 272 g/mol. The molecule has 19 heavy (non-hydrogen) atoms. The average Bonchev–Trinajstić information content (AvgIpc) is 3.00. The van der Waals surface area contributed by atoms with Crippen molar-refractivity contribution in [2.45, 2.75) is 44.6 Å². The van der Waals surface area contributed by atoms with Crippen molar-refractivity contribution in [2.24, 2.45) is 10.9 Å². The quantitative estimate of drug-likeness (QED) is 0.913. The number of aliphatic imine (C=N–C) groups is 1. The summed E-state index contributed by atoms with van der Waals surface area (Å²) in [5, 5.41) is 9.28. The second kappa shape index (κ2) is 5.88. The van der Waals surface area contributed by atoms with Crippen molar-refractivity contribution in [1.29, 1.82) is 0 Å². The van der Waals surface area contributed by atoms with E-state index in [0.717, 1.165) is 18.9 Å². The fraction of sp³-hybridized carbons (Fsp3) is 0.667. The van der Waals surface area contributed by atoms with E-state index in [2.05, 4.69) is 29.1 Å². The lowest BCUT2D eigenvalue weighted by Gasteiger charge is -2.36. The Labute approximate surface area is 124 Å². The Morgan fingerprint density at radius 3 is 3.26 bits per heavy atom. The lowest BCUT2D eigenvalue weighted by atomic mass is 9.78. The highest BCUT2D eigenvalue weighted by Crippen LogP contribution is 2.38. The molecule has 4 heteroatoms. The summed E-state index contributed by atoms with van der Waals surface area (Å²) in [6.07, 6.45) is 6.49. The highest BCUT2D eigenvalue weighted by Gasteiger charge is 2.40. The van der Waals surface area contributed by atoms with Gasteiger partial charge in [0.1, 0.15) is 0 Å². The molecule has 2 fully saturated rings. The van der Waals surface area contributed by atoms with E-state index in [-0.39, 0.29) is 0 Å². The molecule has 104 valence electrons. The van der Waals surface area contributed by atoms with Crippen LogP contribution < -0.4 is 5.32 Å². The molecule has 0 amide bonds. The second-order valence-electron chi connectivity index (χ2n) is 5.96. The number of nitrogens with zero attached hydrogens (tertiary/aromatic N) is 1. The number of amidine groups is 1. The first-order valence-corrected chi connectivity index (χ1v) is 9.15. The lowest BCUT2D eigenvalue weighted by molar-refractivity contribution is 0.242. The molecule has 1 saturated heterocycles. The van der Waals surface area contributed by atoms with Crippen LogP contribution in [0.2, 0.25) is 0 Å². The second-order valence-corrected chi connectivity index (χ2v) is 7.71. The predicted octanol–water partition coefficient (Wildman–Crippen LogP) is 3.93. The van der Waals surface area contributed by atoms with Crippen LogP contribution >= 0.6 is 23.1 Å². The molecule has 3 rings (SSSR count). The van der Waals surface area contributed by atoms with Gasteiger partial charge in [-0.3, -0.25) is 4.99 Å². The molecule has 2 unspecified atom stereocenters. The summed E-state index contributed by atoms with van der Waals surface area (Å²) in [5.74, 6) is 2.08. The Balaban J connectivity index is 1.53. The first-order chi connectivity index (χ1) is 9.26. The Kier molecular flexibility index (Phi) is 4.18. The maximum Gasteiger partial charge on any atom is 0.157 e. The molecule has 0 aromatic carbocycles. The monoisotopic (exact) mass is 294 g/mol. The van der Waals surface area contributed by atoms with Crippen LogP contribution in [-0.4, -0.2) is 23.0 Å². The van der Waals surface area contributed by atoms with Gasteiger partial charge in [0.2, 0.25) is 0 Å². The van der Waals surface area contributed by atoms with Gasteiger partial charge in [-0.05, 0) is 47.6 Å². The van der Waals surface area contributed by atoms with Gasteiger partial charge in [-0.15, -0.1) is 0 Å². The average molecular weight is 294 g/mol. The Morgan fingerprint density at radius 2 is 2.47 bits per heavy atom. The minimum atomic E-state index is 0.365. The van der Waals surface area contributed by atoms with Gasteiger partial charge in [-0.1, -0.05) is 31.5 Å². The zero-order chi connectivity index (χ0) is 13.1.